The lowest BCUT2D eigenvalue weighted by Crippen LogP contribution is -2.31. The molecule has 0 radical (unpaired) electrons. The molecule has 0 unspecified atom stereocenters. The van der Waals surface area contributed by atoms with Gasteiger partial charge in [-0.25, -0.2) is 8.42 Å². The van der Waals surface area contributed by atoms with Gasteiger partial charge in [-0.05, 0) is 48.4 Å². The second kappa shape index (κ2) is 9.09. The molecule has 0 N–H and O–H groups in total. The summed E-state index contributed by atoms with van der Waals surface area (Å²) in [6.45, 7) is 1.93. The summed E-state index contributed by atoms with van der Waals surface area (Å²) < 4.78 is 44.6. The predicted molar refractivity (Wildman–Crippen MR) is 117 cm³/mol. The molecule has 0 bridgehead atoms. The third-order valence-corrected chi connectivity index (χ3v) is 6.74. The van der Waals surface area contributed by atoms with Crippen LogP contribution in [-0.2, 0) is 16.6 Å². The monoisotopic (exact) mass is 427 g/mol. The van der Waals surface area contributed by atoms with E-state index in [1.54, 1.807) is 50.4 Å². The Hall–Kier alpha value is -3.19. The Morgan fingerprint density at radius 1 is 0.800 bits per heavy atom. The third-order valence-electron chi connectivity index (χ3n) is 4.80. The van der Waals surface area contributed by atoms with Gasteiger partial charge in [-0.2, -0.15) is 0 Å². The van der Waals surface area contributed by atoms with Crippen LogP contribution in [0.1, 0.15) is 11.1 Å². The van der Waals surface area contributed by atoms with E-state index in [1.807, 2.05) is 30.3 Å². The van der Waals surface area contributed by atoms with Gasteiger partial charge in [-0.3, -0.25) is 4.31 Å². The zero-order valence-electron chi connectivity index (χ0n) is 17.5. The molecule has 0 atom stereocenters. The van der Waals surface area contributed by atoms with E-state index >= 15 is 0 Å². The maximum atomic E-state index is 13.7. The lowest BCUT2D eigenvalue weighted by atomic mass is 10.2. The number of ether oxygens (including phenoxy) is 3. The van der Waals surface area contributed by atoms with Crippen molar-refractivity contribution in [3.05, 3.63) is 77.9 Å². The molecular weight excluding hydrogens is 402 g/mol. The molecule has 0 aromatic heterocycles. The highest BCUT2D eigenvalue weighted by Gasteiger charge is 2.27. The van der Waals surface area contributed by atoms with Gasteiger partial charge in [-0.1, -0.05) is 30.3 Å². The molecule has 0 aliphatic carbocycles. The van der Waals surface area contributed by atoms with Crippen molar-refractivity contribution in [3.63, 3.8) is 0 Å². The molecule has 0 aliphatic rings. The molecular formula is C23H25NO5S. The summed E-state index contributed by atoms with van der Waals surface area (Å²) in [5.41, 5.74) is 1.98. The van der Waals surface area contributed by atoms with Crippen molar-refractivity contribution in [2.75, 3.05) is 25.6 Å². The number of aryl methyl sites for hydroxylation is 1. The predicted octanol–water partition coefficient (Wildman–Crippen LogP) is 4.42. The van der Waals surface area contributed by atoms with Gasteiger partial charge in [-0.15, -0.1) is 0 Å². The van der Waals surface area contributed by atoms with Gasteiger partial charge in [0.1, 0.15) is 5.75 Å². The van der Waals surface area contributed by atoms with Crippen LogP contribution in [0.25, 0.3) is 0 Å². The first-order chi connectivity index (χ1) is 14.4. The van der Waals surface area contributed by atoms with Crippen molar-refractivity contribution in [1.82, 2.24) is 0 Å². The average Bonchev–Trinajstić information content (AvgIpc) is 2.77. The number of rotatable bonds is 8. The van der Waals surface area contributed by atoms with Crippen LogP contribution in [0.15, 0.2) is 71.6 Å². The van der Waals surface area contributed by atoms with Gasteiger partial charge in [0.15, 0.2) is 11.5 Å². The zero-order valence-corrected chi connectivity index (χ0v) is 18.3. The Morgan fingerprint density at radius 2 is 1.47 bits per heavy atom. The van der Waals surface area contributed by atoms with Crippen molar-refractivity contribution < 1.29 is 22.6 Å². The van der Waals surface area contributed by atoms with E-state index in [4.69, 9.17) is 14.2 Å². The Labute approximate surface area is 177 Å². The van der Waals surface area contributed by atoms with Crippen molar-refractivity contribution in [3.8, 4) is 17.2 Å². The Kier molecular flexibility index (Phi) is 6.52. The topological polar surface area (TPSA) is 65.1 Å². The minimum Gasteiger partial charge on any atom is -0.497 e. The molecule has 158 valence electrons. The van der Waals surface area contributed by atoms with Crippen molar-refractivity contribution in [1.29, 1.82) is 0 Å². The first-order valence-corrected chi connectivity index (χ1v) is 10.8. The van der Waals surface area contributed by atoms with Crippen molar-refractivity contribution in [2.45, 2.75) is 18.4 Å². The molecule has 0 spiro atoms. The number of benzene rings is 3. The van der Waals surface area contributed by atoms with Gasteiger partial charge in [0.25, 0.3) is 10.0 Å². The zero-order chi connectivity index (χ0) is 21.7. The third kappa shape index (κ3) is 4.36. The van der Waals surface area contributed by atoms with Crippen LogP contribution in [0.5, 0.6) is 17.2 Å². The van der Waals surface area contributed by atoms with Crippen molar-refractivity contribution in [2.24, 2.45) is 0 Å². The minimum atomic E-state index is -3.84. The van der Waals surface area contributed by atoms with Gasteiger partial charge >= 0.3 is 0 Å². The molecule has 0 heterocycles. The Balaban J connectivity index is 2.12. The number of nitrogens with zero attached hydrogens (tertiary/aromatic N) is 1. The van der Waals surface area contributed by atoms with E-state index in [9.17, 15) is 8.42 Å². The van der Waals surface area contributed by atoms with Crippen LogP contribution in [0.2, 0.25) is 0 Å². The van der Waals surface area contributed by atoms with Crippen LogP contribution < -0.4 is 18.5 Å². The molecule has 0 saturated heterocycles. The van der Waals surface area contributed by atoms with Gasteiger partial charge in [0.05, 0.1) is 38.5 Å². The van der Waals surface area contributed by atoms with E-state index in [2.05, 4.69) is 0 Å². The highest BCUT2D eigenvalue weighted by atomic mass is 32.2. The number of hydrogen-bond donors (Lipinski definition) is 0. The van der Waals surface area contributed by atoms with Crippen LogP contribution >= 0.6 is 0 Å². The lowest BCUT2D eigenvalue weighted by Gasteiger charge is -2.26. The molecule has 6 nitrogen and oxygen atoms in total. The van der Waals surface area contributed by atoms with E-state index in [-0.39, 0.29) is 11.4 Å². The molecule has 7 heteroatoms. The van der Waals surface area contributed by atoms with E-state index in [0.717, 1.165) is 5.56 Å². The highest BCUT2D eigenvalue weighted by molar-refractivity contribution is 7.92. The van der Waals surface area contributed by atoms with E-state index in [1.165, 1.54) is 18.5 Å². The SMILES string of the molecule is COc1ccc(CN(c2ccc(OC)c(OC)c2)S(=O)(=O)c2ccccc2C)cc1. The Bertz CT molecular complexity index is 1110. The molecule has 0 saturated carbocycles. The molecule has 3 rings (SSSR count). The normalized spacial score (nSPS) is 11.1. The van der Waals surface area contributed by atoms with E-state index in [0.29, 0.717) is 28.5 Å². The molecule has 0 amide bonds. The summed E-state index contributed by atoms with van der Waals surface area (Å²) >= 11 is 0. The van der Waals surface area contributed by atoms with Crippen LogP contribution in [0.3, 0.4) is 0 Å². The fraction of sp³-hybridized carbons (Fsp3) is 0.217. The number of sulfonamides is 1. The highest BCUT2D eigenvalue weighted by Crippen LogP contribution is 2.35. The maximum absolute atomic E-state index is 13.7. The maximum Gasteiger partial charge on any atom is 0.264 e. The summed E-state index contributed by atoms with van der Waals surface area (Å²) in [4.78, 5) is 0.258. The van der Waals surface area contributed by atoms with Gasteiger partial charge in [0, 0.05) is 6.07 Å². The molecule has 3 aromatic rings. The molecule has 0 fully saturated rings. The van der Waals surface area contributed by atoms with Crippen LogP contribution in [0, 0.1) is 6.92 Å². The average molecular weight is 428 g/mol. The van der Waals surface area contributed by atoms with Crippen molar-refractivity contribution >= 4 is 15.7 Å². The fourth-order valence-electron chi connectivity index (χ4n) is 3.16. The second-order valence-electron chi connectivity index (χ2n) is 6.66. The summed E-state index contributed by atoms with van der Waals surface area (Å²) in [7, 11) is 0.811. The van der Waals surface area contributed by atoms with E-state index < -0.39 is 10.0 Å². The summed E-state index contributed by atoms with van der Waals surface area (Å²) in [5.74, 6) is 1.69. The number of hydrogen-bond acceptors (Lipinski definition) is 5. The molecule has 0 aliphatic heterocycles. The quantitative estimate of drug-likeness (QED) is 0.533. The minimum absolute atomic E-state index is 0.149. The molecule has 30 heavy (non-hydrogen) atoms. The smallest absolute Gasteiger partial charge is 0.264 e. The number of methoxy groups -OCH3 is 3. The van der Waals surface area contributed by atoms with Gasteiger partial charge in [0.2, 0.25) is 0 Å². The van der Waals surface area contributed by atoms with Gasteiger partial charge < -0.3 is 14.2 Å². The first kappa shape index (κ1) is 21.5. The standard InChI is InChI=1S/C23H25NO5S/c1-17-7-5-6-8-23(17)30(25,26)24(16-18-9-12-20(27-2)13-10-18)19-11-14-21(28-3)22(15-19)29-4/h5-15H,16H2,1-4H3. The summed E-state index contributed by atoms with van der Waals surface area (Å²) in [6, 6.07) is 19.3. The lowest BCUT2D eigenvalue weighted by molar-refractivity contribution is 0.355. The van der Waals surface area contributed by atoms with Crippen LogP contribution in [-0.4, -0.2) is 29.7 Å². The van der Waals surface area contributed by atoms with Crippen LogP contribution in [0.4, 0.5) is 5.69 Å². The fourth-order valence-corrected chi connectivity index (χ4v) is 4.83. The molecule has 3 aromatic carbocycles. The number of anilines is 1. The Morgan fingerprint density at radius 3 is 2.07 bits per heavy atom. The summed E-state index contributed by atoms with van der Waals surface area (Å²) in [6.07, 6.45) is 0. The summed E-state index contributed by atoms with van der Waals surface area (Å²) in [5, 5.41) is 0. The first-order valence-electron chi connectivity index (χ1n) is 9.34. The second-order valence-corrected chi connectivity index (χ2v) is 8.50. The largest absolute Gasteiger partial charge is 0.497 e.